The van der Waals surface area contributed by atoms with Crippen molar-refractivity contribution in [1.29, 1.82) is 0 Å². The first-order valence-electron chi connectivity index (χ1n) is 4.02. The van der Waals surface area contributed by atoms with Crippen molar-refractivity contribution in [3.8, 4) is 0 Å². The molecule has 0 spiro atoms. The summed E-state index contributed by atoms with van der Waals surface area (Å²) in [5.41, 5.74) is 2.03. The van der Waals surface area contributed by atoms with Crippen molar-refractivity contribution in [2.45, 2.75) is 6.92 Å². The molecule has 0 fully saturated rings. The first-order valence-corrected chi connectivity index (χ1v) is 5.13. The number of aryl methyl sites for hydroxylation is 1. The molecule has 0 radical (unpaired) electrons. The summed E-state index contributed by atoms with van der Waals surface area (Å²) < 4.78 is 15.8. The summed E-state index contributed by atoms with van der Waals surface area (Å²) in [4.78, 5) is 0. The third-order valence-corrected chi connectivity index (χ3v) is 2.63. The van der Waals surface area contributed by atoms with Gasteiger partial charge in [-0.1, -0.05) is 12.1 Å². The van der Waals surface area contributed by atoms with Crippen LogP contribution in [0.4, 0.5) is 5.69 Å². The van der Waals surface area contributed by atoms with E-state index in [1.165, 1.54) is 0 Å². The summed E-state index contributed by atoms with van der Waals surface area (Å²) in [6, 6.07) is 7.80. The maximum absolute atomic E-state index is 11.3. The quantitative estimate of drug-likeness (QED) is 0.785. The zero-order chi connectivity index (χ0) is 9.84. The summed E-state index contributed by atoms with van der Waals surface area (Å²) in [6.07, 6.45) is 0. The van der Waals surface area contributed by atoms with Crippen molar-refractivity contribution >= 4 is 16.9 Å². The fraction of sp³-hybridized carbons (Fsp3) is 0.333. The van der Waals surface area contributed by atoms with Crippen molar-refractivity contribution in [2.75, 3.05) is 18.8 Å². The van der Waals surface area contributed by atoms with Gasteiger partial charge in [-0.2, -0.15) is 0 Å². The highest BCUT2D eigenvalue weighted by Gasteiger charge is 2.01. The van der Waals surface area contributed by atoms with Gasteiger partial charge >= 0.3 is 0 Å². The molecule has 3 nitrogen and oxygen atoms in total. The van der Waals surface area contributed by atoms with Crippen molar-refractivity contribution in [3.63, 3.8) is 0 Å². The van der Waals surface area contributed by atoms with E-state index in [1.54, 1.807) is 18.4 Å². The number of rotatable bonds is 3. The van der Waals surface area contributed by atoms with Gasteiger partial charge in [0.2, 0.25) is 0 Å². The molecule has 0 heterocycles. The second-order valence-electron chi connectivity index (χ2n) is 3.03. The number of nitrogens with zero attached hydrogens (tertiary/aromatic N) is 1. The van der Waals surface area contributed by atoms with Crippen LogP contribution in [0.15, 0.2) is 24.3 Å². The van der Waals surface area contributed by atoms with E-state index in [1.807, 2.05) is 31.2 Å². The van der Waals surface area contributed by atoms with Gasteiger partial charge in [0.1, 0.15) is 0 Å². The average Bonchev–Trinajstić information content (AvgIpc) is 2.04. The van der Waals surface area contributed by atoms with E-state index in [-0.39, 0.29) is 0 Å². The molecule has 1 aromatic rings. The highest BCUT2D eigenvalue weighted by atomic mass is 32.2. The van der Waals surface area contributed by atoms with Crippen LogP contribution >= 0.6 is 0 Å². The van der Waals surface area contributed by atoms with Crippen LogP contribution in [0.2, 0.25) is 0 Å². The molecule has 0 aromatic heterocycles. The number of hydrogen-bond acceptors (Lipinski definition) is 1. The Balaban J connectivity index is 2.69. The summed E-state index contributed by atoms with van der Waals surface area (Å²) >= 11 is -1.15. The fourth-order valence-electron chi connectivity index (χ4n) is 0.901. The zero-order valence-electron chi connectivity index (χ0n) is 8.07. The van der Waals surface area contributed by atoms with Crippen LogP contribution in [0.5, 0.6) is 0 Å². The Morgan fingerprint density at radius 1 is 1.38 bits per heavy atom. The molecule has 0 aliphatic rings. The number of anilines is 1. The molecule has 72 valence electrons. The van der Waals surface area contributed by atoms with Crippen LogP contribution in [0.1, 0.15) is 5.56 Å². The van der Waals surface area contributed by atoms with Gasteiger partial charge in [0.15, 0.2) is 11.2 Å². The van der Waals surface area contributed by atoms with Crippen LogP contribution in [0.3, 0.4) is 0 Å². The van der Waals surface area contributed by atoms with Gasteiger partial charge in [-0.05, 0) is 24.6 Å². The van der Waals surface area contributed by atoms with Gasteiger partial charge in [0.25, 0.3) is 0 Å². The van der Waals surface area contributed by atoms with E-state index in [4.69, 9.17) is 0 Å². The van der Waals surface area contributed by atoms with Gasteiger partial charge in [0.05, 0.1) is 0 Å². The summed E-state index contributed by atoms with van der Waals surface area (Å²) in [5.74, 6) is 0. The van der Waals surface area contributed by atoms with Crippen LogP contribution in [-0.4, -0.2) is 22.6 Å². The maximum atomic E-state index is 11.3. The lowest BCUT2D eigenvalue weighted by Gasteiger charge is -2.11. The SMILES string of the molecule is Cc1cccc(NS(=O)N(C)C)c1. The van der Waals surface area contributed by atoms with Gasteiger partial charge in [-0.25, -0.2) is 8.51 Å². The predicted octanol–water partition coefficient (Wildman–Crippen LogP) is 1.55. The van der Waals surface area contributed by atoms with Gasteiger partial charge in [-0.3, -0.25) is 4.72 Å². The van der Waals surface area contributed by atoms with Crippen molar-refractivity contribution in [1.82, 2.24) is 4.31 Å². The van der Waals surface area contributed by atoms with Gasteiger partial charge in [-0.15, -0.1) is 0 Å². The van der Waals surface area contributed by atoms with Crippen LogP contribution in [-0.2, 0) is 11.2 Å². The Kier molecular flexibility index (Phi) is 3.45. The van der Waals surface area contributed by atoms with Crippen molar-refractivity contribution in [3.05, 3.63) is 29.8 Å². The first kappa shape index (κ1) is 10.2. The molecular formula is C9H14N2OS. The average molecular weight is 198 g/mol. The van der Waals surface area contributed by atoms with Crippen molar-refractivity contribution < 1.29 is 4.21 Å². The fourth-order valence-corrected chi connectivity index (χ4v) is 1.41. The lowest BCUT2D eigenvalue weighted by molar-refractivity contribution is 0.608. The minimum absolute atomic E-state index is 0.882. The molecule has 1 N–H and O–H groups in total. The third kappa shape index (κ3) is 3.16. The Morgan fingerprint density at radius 2 is 2.08 bits per heavy atom. The van der Waals surface area contributed by atoms with Gasteiger partial charge < -0.3 is 0 Å². The second-order valence-corrected chi connectivity index (χ2v) is 4.47. The minimum Gasteiger partial charge on any atom is -0.292 e. The molecule has 1 aromatic carbocycles. The summed E-state index contributed by atoms with van der Waals surface area (Å²) in [5, 5.41) is 0. The molecule has 1 unspecified atom stereocenters. The Morgan fingerprint density at radius 3 is 2.62 bits per heavy atom. The standard InChI is InChI=1S/C9H14N2OS/c1-8-5-4-6-9(7-8)10-13(12)11(2)3/h4-7,10H,1-3H3. The van der Waals surface area contributed by atoms with Crippen LogP contribution in [0.25, 0.3) is 0 Å². The topological polar surface area (TPSA) is 32.3 Å². The molecule has 0 saturated carbocycles. The molecule has 0 aliphatic heterocycles. The number of benzene rings is 1. The van der Waals surface area contributed by atoms with E-state index in [9.17, 15) is 4.21 Å². The summed E-state index contributed by atoms with van der Waals surface area (Å²) in [7, 11) is 3.53. The highest BCUT2D eigenvalue weighted by Crippen LogP contribution is 2.10. The zero-order valence-corrected chi connectivity index (χ0v) is 8.89. The van der Waals surface area contributed by atoms with E-state index < -0.39 is 11.2 Å². The van der Waals surface area contributed by atoms with E-state index in [2.05, 4.69) is 4.72 Å². The largest absolute Gasteiger partial charge is 0.292 e. The van der Waals surface area contributed by atoms with E-state index in [0.717, 1.165) is 11.3 Å². The molecule has 4 heteroatoms. The molecule has 0 bridgehead atoms. The molecule has 0 aliphatic carbocycles. The highest BCUT2D eigenvalue weighted by molar-refractivity contribution is 7.83. The normalized spacial score (nSPS) is 12.9. The molecular weight excluding hydrogens is 184 g/mol. The van der Waals surface area contributed by atoms with E-state index in [0.29, 0.717) is 0 Å². The molecule has 13 heavy (non-hydrogen) atoms. The molecule has 1 rings (SSSR count). The monoisotopic (exact) mass is 198 g/mol. The smallest absolute Gasteiger partial charge is 0.195 e. The lowest BCUT2D eigenvalue weighted by Crippen LogP contribution is -2.21. The molecule has 1 atom stereocenters. The Hall–Kier alpha value is -0.870. The Bertz CT molecular complexity index is 312. The second kappa shape index (κ2) is 4.39. The Labute approximate surface area is 81.5 Å². The number of hydrogen-bond donors (Lipinski definition) is 1. The van der Waals surface area contributed by atoms with Crippen LogP contribution < -0.4 is 4.72 Å². The molecule has 0 amide bonds. The third-order valence-electron chi connectivity index (χ3n) is 1.55. The van der Waals surface area contributed by atoms with Gasteiger partial charge in [0, 0.05) is 19.8 Å². The maximum Gasteiger partial charge on any atom is 0.195 e. The first-order chi connectivity index (χ1) is 6.09. The molecule has 0 saturated heterocycles. The van der Waals surface area contributed by atoms with E-state index >= 15 is 0 Å². The van der Waals surface area contributed by atoms with Crippen molar-refractivity contribution in [2.24, 2.45) is 0 Å². The summed E-state index contributed by atoms with van der Waals surface area (Å²) in [6.45, 7) is 2.00. The lowest BCUT2D eigenvalue weighted by atomic mass is 10.2. The number of nitrogens with one attached hydrogen (secondary N) is 1. The predicted molar refractivity (Wildman–Crippen MR) is 56.6 cm³/mol. The minimum atomic E-state index is -1.15. The van der Waals surface area contributed by atoms with Crippen LogP contribution in [0, 0.1) is 6.92 Å².